The van der Waals surface area contributed by atoms with Crippen LogP contribution in [0.3, 0.4) is 0 Å². The van der Waals surface area contributed by atoms with Crippen molar-refractivity contribution in [2.24, 2.45) is 5.10 Å². The summed E-state index contributed by atoms with van der Waals surface area (Å²) < 4.78 is 6.37. The van der Waals surface area contributed by atoms with Crippen LogP contribution in [0.2, 0.25) is 5.02 Å². The Balaban J connectivity index is 1.86. The van der Waals surface area contributed by atoms with Crippen LogP contribution >= 0.6 is 11.6 Å². The molecular formula is C24H15ClN4O4. The molecule has 162 valence electrons. The maximum absolute atomic E-state index is 13.2. The Kier molecular flexibility index (Phi) is 6.15. The van der Waals surface area contributed by atoms with Crippen molar-refractivity contribution in [2.45, 2.75) is 0 Å². The Morgan fingerprint density at radius 3 is 2.64 bits per heavy atom. The van der Waals surface area contributed by atoms with Crippen molar-refractivity contribution in [1.29, 1.82) is 0 Å². The summed E-state index contributed by atoms with van der Waals surface area (Å²) in [5, 5.41) is 16.2. The predicted molar refractivity (Wildman–Crippen MR) is 127 cm³/mol. The van der Waals surface area contributed by atoms with E-state index in [1.54, 1.807) is 24.3 Å². The Morgan fingerprint density at radius 1 is 1.18 bits per heavy atom. The molecule has 4 aromatic rings. The van der Waals surface area contributed by atoms with Gasteiger partial charge in [-0.05, 0) is 18.2 Å². The van der Waals surface area contributed by atoms with Crippen LogP contribution in [0.4, 0.5) is 5.69 Å². The second kappa shape index (κ2) is 9.34. The molecule has 9 heteroatoms. The first-order valence-electron chi connectivity index (χ1n) is 9.65. The van der Waals surface area contributed by atoms with E-state index in [-0.39, 0.29) is 28.6 Å². The highest BCUT2D eigenvalue weighted by Gasteiger charge is 2.20. The van der Waals surface area contributed by atoms with Gasteiger partial charge in [-0.2, -0.15) is 9.78 Å². The summed E-state index contributed by atoms with van der Waals surface area (Å²) >= 11 is 6.19. The fraction of sp³-hybridized carbons (Fsp3) is 0.0417. The van der Waals surface area contributed by atoms with Crippen LogP contribution < -0.4 is 10.3 Å². The Hall–Kier alpha value is -4.48. The van der Waals surface area contributed by atoms with E-state index in [2.05, 4.69) is 16.0 Å². The lowest BCUT2D eigenvalue weighted by atomic mass is 10.2. The minimum Gasteiger partial charge on any atom is -0.473 e. The van der Waals surface area contributed by atoms with Crippen LogP contribution in [-0.4, -0.2) is 27.4 Å². The van der Waals surface area contributed by atoms with Gasteiger partial charge in [0.05, 0.1) is 27.1 Å². The maximum atomic E-state index is 13.2. The van der Waals surface area contributed by atoms with Crippen LogP contribution in [0.25, 0.3) is 22.3 Å². The fourth-order valence-electron chi connectivity index (χ4n) is 3.20. The summed E-state index contributed by atoms with van der Waals surface area (Å²) in [6.45, 7) is -0.174. The van der Waals surface area contributed by atoms with Gasteiger partial charge in [0.15, 0.2) is 5.82 Å². The monoisotopic (exact) mass is 458 g/mol. The first-order chi connectivity index (χ1) is 16.0. The number of nitro groups is 1. The minimum atomic E-state index is -0.631. The average Bonchev–Trinajstić information content (AvgIpc) is 2.83. The Labute approximate surface area is 192 Å². The smallest absolute Gasteiger partial charge is 0.313 e. The lowest BCUT2D eigenvalue weighted by Gasteiger charge is -2.10. The number of benzene rings is 3. The number of terminal acetylenes is 1. The van der Waals surface area contributed by atoms with Crippen LogP contribution in [0, 0.1) is 22.5 Å². The van der Waals surface area contributed by atoms with Gasteiger partial charge in [0.1, 0.15) is 6.61 Å². The summed E-state index contributed by atoms with van der Waals surface area (Å²) in [6.07, 6.45) is 6.46. The van der Waals surface area contributed by atoms with E-state index < -0.39 is 4.92 Å². The van der Waals surface area contributed by atoms with Crippen molar-refractivity contribution >= 4 is 34.4 Å². The third-order valence-corrected chi connectivity index (χ3v) is 4.93. The highest BCUT2D eigenvalue weighted by Crippen LogP contribution is 2.35. The number of nitro benzene ring substituents is 1. The van der Waals surface area contributed by atoms with Gasteiger partial charge in [-0.1, -0.05) is 60.0 Å². The van der Waals surface area contributed by atoms with Gasteiger partial charge in [-0.15, -0.1) is 6.42 Å². The molecule has 0 saturated heterocycles. The molecule has 0 radical (unpaired) electrons. The molecule has 0 aliphatic carbocycles. The summed E-state index contributed by atoms with van der Waals surface area (Å²) in [5.41, 5.74) is 0.747. The topological polar surface area (TPSA) is 99.6 Å². The second-order valence-electron chi connectivity index (χ2n) is 6.78. The fourth-order valence-corrected chi connectivity index (χ4v) is 3.47. The molecule has 3 aromatic carbocycles. The molecule has 0 aliphatic heterocycles. The number of aromatic nitrogens is 2. The van der Waals surface area contributed by atoms with Crippen molar-refractivity contribution in [1.82, 2.24) is 9.66 Å². The zero-order valence-electron chi connectivity index (χ0n) is 17.0. The number of hydrogen-bond acceptors (Lipinski definition) is 6. The molecule has 0 bridgehead atoms. The van der Waals surface area contributed by atoms with Crippen molar-refractivity contribution < 1.29 is 9.66 Å². The van der Waals surface area contributed by atoms with Crippen LogP contribution in [0.5, 0.6) is 5.75 Å². The molecule has 0 N–H and O–H groups in total. The van der Waals surface area contributed by atoms with Crippen molar-refractivity contribution in [3.8, 4) is 29.5 Å². The van der Waals surface area contributed by atoms with Crippen LogP contribution in [0.15, 0.2) is 76.6 Å². The van der Waals surface area contributed by atoms with Gasteiger partial charge in [-0.3, -0.25) is 14.9 Å². The number of hydrogen-bond donors (Lipinski definition) is 0. The lowest BCUT2D eigenvalue weighted by molar-refractivity contribution is -0.385. The number of rotatable bonds is 6. The summed E-state index contributed by atoms with van der Waals surface area (Å²) in [5.74, 6) is 2.43. The molecule has 0 saturated carbocycles. The number of ether oxygens (including phenoxy) is 1. The molecule has 33 heavy (non-hydrogen) atoms. The Morgan fingerprint density at radius 2 is 1.91 bits per heavy atom. The van der Waals surface area contributed by atoms with E-state index >= 15 is 0 Å². The first kappa shape index (κ1) is 21.7. The quantitative estimate of drug-likeness (QED) is 0.183. The van der Waals surface area contributed by atoms with Crippen LogP contribution in [-0.2, 0) is 0 Å². The first-order valence-corrected chi connectivity index (χ1v) is 10.0. The van der Waals surface area contributed by atoms with Gasteiger partial charge in [-0.25, -0.2) is 4.98 Å². The highest BCUT2D eigenvalue weighted by molar-refractivity contribution is 6.32. The molecule has 0 fully saturated rings. The summed E-state index contributed by atoms with van der Waals surface area (Å²) in [4.78, 5) is 28.7. The molecule has 0 atom stereocenters. The molecule has 0 spiro atoms. The highest BCUT2D eigenvalue weighted by atomic mass is 35.5. The molecule has 8 nitrogen and oxygen atoms in total. The van der Waals surface area contributed by atoms with Crippen LogP contribution in [0.1, 0.15) is 5.56 Å². The zero-order valence-corrected chi connectivity index (χ0v) is 17.8. The van der Waals surface area contributed by atoms with E-state index in [0.29, 0.717) is 27.9 Å². The molecule has 1 heterocycles. The number of halogens is 1. The van der Waals surface area contributed by atoms with E-state index in [1.807, 2.05) is 30.3 Å². The van der Waals surface area contributed by atoms with Gasteiger partial charge in [0, 0.05) is 17.2 Å². The number of para-hydroxylation sites is 1. The molecular weight excluding hydrogens is 444 g/mol. The van der Waals surface area contributed by atoms with Gasteiger partial charge in [0.25, 0.3) is 5.56 Å². The largest absolute Gasteiger partial charge is 0.473 e. The lowest BCUT2D eigenvalue weighted by Crippen LogP contribution is -2.20. The molecule has 4 rings (SSSR count). The molecule has 0 unspecified atom stereocenters. The third kappa shape index (κ3) is 4.44. The van der Waals surface area contributed by atoms with E-state index in [1.165, 1.54) is 18.3 Å². The van der Waals surface area contributed by atoms with Crippen molar-refractivity contribution in [3.63, 3.8) is 0 Å². The zero-order chi connectivity index (χ0) is 23.4. The Bertz CT molecular complexity index is 1490. The van der Waals surface area contributed by atoms with Gasteiger partial charge in [0.2, 0.25) is 5.75 Å². The average molecular weight is 459 g/mol. The minimum absolute atomic E-state index is 0.00633. The maximum Gasteiger partial charge on any atom is 0.313 e. The van der Waals surface area contributed by atoms with Gasteiger partial charge >= 0.3 is 5.69 Å². The standard InChI is InChI=1S/C24H15ClN4O4/c1-2-12-33-22-19(25)13-16(14-21(22)29(31)32)15-26-28-23(17-8-4-3-5-9-17)27-20-11-7-6-10-18(20)24(28)30/h1,3-11,13-15H,12H2. The third-order valence-electron chi connectivity index (χ3n) is 4.65. The molecule has 0 aliphatic rings. The van der Waals surface area contributed by atoms with Crippen molar-refractivity contribution in [2.75, 3.05) is 6.61 Å². The number of nitrogens with zero attached hydrogens (tertiary/aromatic N) is 4. The van der Waals surface area contributed by atoms with E-state index in [0.717, 1.165) is 4.68 Å². The molecule has 1 aromatic heterocycles. The normalized spacial score (nSPS) is 10.9. The van der Waals surface area contributed by atoms with Crippen molar-refractivity contribution in [3.05, 3.63) is 97.8 Å². The number of fused-ring (bicyclic) bond motifs is 1. The van der Waals surface area contributed by atoms with E-state index in [4.69, 9.17) is 22.8 Å². The SMILES string of the molecule is C#CCOc1c(Cl)cc(C=Nn2c(-c3ccccc3)nc3ccccc3c2=O)cc1[N+](=O)[O-]. The van der Waals surface area contributed by atoms with Gasteiger partial charge < -0.3 is 4.74 Å². The molecule has 0 amide bonds. The summed E-state index contributed by atoms with van der Waals surface area (Å²) in [6, 6.07) is 18.7. The predicted octanol–water partition coefficient (Wildman–Crippen LogP) is 4.52. The summed E-state index contributed by atoms with van der Waals surface area (Å²) in [7, 11) is 0. The second-order valence-corrected chi connectivity index (χ2v) is 7.19. The van der Waals surface area contributed by atoms with E-state index in [9.17, 15) is 14.9 Å².